The van der Waals surface area contributed by atoms with Crippen LogP contribution in [0.15, 0.2) is 18.2 Å². The fourth-order valence-electron chi connectivity index (χ4n) is 1.67. The van der Waals surface area contributed by atoms with Gasteiger partial charge in [-0.25, -0.2) is 0 Å². The Hall–Kier alpha value is -1.09. The molecule has 0 atom stereocenters. The van der Waals surface area contributed by atoms with Gasteiger partial charge in [-0.1, -0.05) is 18.3 Å². The number of thiocarbonyl (C=S) groups is 1. The highest BCUT2D eigenvalue weighted by Gasteiger charge is 2.18. The molecule has 0 unspecified atom stereocenters. The molecule has 1 aromatic carbocycles. The summed E-state index contributed by atoms with van der Waals surface area (Å²) in [4.78, 5) is 2.81. The maximum atomic E-state index is 5.69. The first kappa shape index (κ1) is 9.46. The van der Waals surface area contributed by atoms with E-state index in [1.54, 1.807) is 0 Å². The summed E-state index contributed by atoms with van der Waals surface area (Å²) in [7, 11) is 0. The lowest BCUT2D eigenvalue weighted by Crippen LogP contribution is -2.38. The Morgan fingerprint density at radius 3 is 2.64 bits per heavy atom. The molecule has 0 radical (unpaired) electrons. The number of benzene rings is 1. The van der Waals surface area contributed by atoms with Crippen LogP contribution in [0.2, 0.25) is 0 Å². The fraction of sp³-hybridized carbons (Fsp3) is 0.364. The number of hydrogen-bond donors (Lipinski definition) is 1. The fourth-order valence-corrected chi connectivity index (χ4v) is 1.84. The monoisotopic (exact) mass is 206 g/mol. The van der Waals surface area contributed by atoms with Crippen LogP contribution >= 0.6 is 12.2 Å². The molecule has 74 valence electrons. The molecule has 14 heavy (non-hydrogen) atoms. The Bertz CT molecular complexity index is 370. The summed E-state index contributed by atoms with van der Waals surface area (Å²) in [5.41, 5.74) is 9.15. The van der Waals surface area contributed by atoms with E-state index in [1.807, 2.05) is 6.07 Å². The van der Waals surface area contributed by atoms with E-state index in [9.17, 15) is 0 Å². The number of nitrogens with zero attached hydrogens (tertiary/aromatic N) is 1. The molecular formula is C11H14N2S. The molecule has 3 heteroatoms. The first-order valence-corrected chi connectivity index (χ1v) is 5.25. The number of nitrogens with two attached hydrogens (primary N) is 1. The van der Waals surface area contributed by atoms with Gasteiger partial charge < -0.3 is 10.6 Å². The summed E-state index contributed by atoms with van der Waals surface area (Å²) in [6.45, 7) is 4.34. The van der Waals surface area contributed by atoms with Gasteiger partial charge in [0.25, 0.3) is 0 Å². The first-order valence-electron chi connectivity index (χ1n) is 4.84. The predicted octanol–water partition coefficient (Wildman–Crippen LogP) is 1.84. The van der Waals surface area contributed by atoms with Crippen molar-refractivity contribution in [3.8, 4) is 0 Å². The lowest BCUT2D eigenvalue weighted by molar-refractivity contribution is 0.617. The van der Waals surface area contributed by atoms with Crippen molar-refractivity contribution in [1.82, 2.24) is 0 Å². The molecule has 0 aromatic heterocycles. The van der Waals surface area contributed by atoms with E-state index in [0.29, 0.717) is 4.99 Å². The summed E-state index contributed by atoms with van der Waals surface area (Å²) in [5, 5.41) is 0. The number of aryl methyl sites for hydroxylation is 1. The Balaban J connectivity index is 2.42. The highest BCUT2D eigenvalue weighted by molar-refractivity contribution is 7.80. The Labute approximate surface area is 89.7 Å². The first-order chi connectivity index (χ1) is 6.68. The van der Waals surface area contributed by atoms with Crippen molar-refractivity contribution in [3.63, 3.8) is 0 Å². The van der Waals surface area contributed by atoms with E-state index in [-0.39, 0.29) is 0 Å². The summed E-state index contributed by atoms with van der Waals surface area (Å²) in [6.07, 6.45) is 1.27. The van der Waals surface area contributed by atoms with Gasteiger partial charge in [0.1, 0.15) is 4.99 Å². The van der Waals surface area contributed by atoms with Gasteiger partial charge in [0, 0.05) is 24.3 Å². The minimum atomic E-state index is 0.493. The van der Waals surface area contributed by atoms with Crippen LogP contribution in [0.1, 0.15) is 17.5 Å². The van der Waals surface area contributed by atoms with Crippen LogP contribution in [-0.4, -0.2) is 18.1 Å². The molecule has 0 spiro atoms. The van der Waals surface area contributed by atoms with Crippen LogP contribution in [-0.2, 0) is 0 Å². The molecule has 1 aliphatic heterocycles. The van der Waals surface area contributed by atoms with Crippen molar-refractivity contribution in [3.05, 3.63) is 29.3 Å². The summed E-state index contributed by atoms with van der Waals surface area (Å²) >= 11 is 5.04. The van der Waals surface area contributed by atoms with E-state index in [4.69, 9.17) is 18.0 Å². The molecule has 0 aliphatic carbocycles. The Kier molecular flexibility index (Phi) is 2.42. The maximum Gasteiger partial charge on any atom is 0.106 e. The van der Waals surface area contributed by atoms with Crippen LogP contribution in [0.5, 0.6) is 0 Å². The standard InChI is InChI=1S/C11H14N2S/c1-8-3-4-9(11(12)14)10(7-8)13-5-2-6-13/h3-4,7H,2,5-6H2,1H3,(H2,12,14). The van der Waals surface area contributed by atoms with E-state index >= 15 is 0 Å². The third kappa shape index (κ3) is 1.60. The second-order valence-corrected chi connectivity index (χ2v) is 4.17. The normalized spacial score (nSPS) is 15.1. The van der Waals surface area contributed by atoms with Gasteiger partial charge in [0.15, 0.2) is 0 Å². The molecular weight excluding hydrogens is 192 g/mol. The minimum Gasteiger partial charge on any atom is -0.389 e. The maximum absolute atomic E-state index is 5.69. The lowest BCUT2D eigenvalue weighted by atomic mass is 10.1. The minimum absolute atomic E-state index is 0.493. The average molecular weight is 206 g/mol. The lowest BCUT2D eigenvalue weighted by Gasteiger charge is -2.34. The second-order valence-electron chi connectivity index (χ2n) is 3.73. The third-order valence-corrected chi connectivity index (χ3v) is 2.84. The van der Waals surface area contributed by atoms with E-state index in [2.05, 4.69) is 24.0 Å². The van der Waals surface area contributed by atoms with Crippen molar-refractivity contribution < 1.29 is 0 Å². The van der Waals surface area contributed by atoms with Crippen molar-refractivity contribution >= 4 is 22.9 Å². The van der Waals surface area contributed by atoms with Crippen LogP contribution in [0.25, 0.3) is 0 Å². The Morgan fingerprint density at radius 1 is 1.43 bits per heavy atom. The molecule has 1 heterocycles. The molecule has 1 saturated heterocycles. The van der Waals surface area contributed by atoms with Crippen molar-refractivity contribution in [2.24, 2.45) is 5.73 Å². The average Bonchev–Trinajstić information content (AvgIpc) is 2.00. The number of anilines is 1. The molecule has 0 bridgehead atoms. The molecule has 0 amide bonds. The van der Waals surface area contributed by atoms with Crippen LogP contribution in [0.3, 0.4) is 0 Å². The van der Waals surface area contributed by atoms with Gasteiger partial charge in [0.05, 0.1) is 0 Å². The quantitative estimate of drug-likeness (QED) is 0.749. The molecule has 2 N–H and O–H groups in total. The Morgan fingerprint density at radius 2 is 2.14 bits per heavy atom. The van der Waals surface area contributed by atoms with Crippen molar-refractivity contribution in [1.29, 1.82) is 0 Å². The van der Waals surface area contributed by atoms with E-state index < -0.39 is 0 Å². The number of rotatable bonds is 2. The number of hydrogen-bond acceptors (Lipinski definition) is 2. The molecule has 2 nitrogen and oxygen atoms in total. The van der Waals surface area contributed by atoms with Crippen LogP contribution in [0, 0.1) is 6.92 Å². The highest BCUT2D eigenvalue weighted by atomic mass is 32.1. The second kappa shape index (κ2) is 3.58. The summed E-state index contributed by atoms with van der Waals surface area (Å²) < 4.78 is 0. The van der Waals surface area contributed by atoms with E-state index in [1.165, 1.54) is 17.7 Å². The largest absolute Gasteiger partial charge is 0.389 e. The zero-order valence-corrected chi connectivity index (χ0v) is 9.10. The van der Waals surface area contributed by atoms with Gasteiger partial charge >= 0.3 is 0 Å². The van der Waals surface area contributed by atoms with Gasteiger partial charge in [-0.05, 0) is 31.0 Å². The van der Waals surface area contributed by atoms with Gasteiger partial charge in [-0.2, -0.15) is 0 Å². The van der Waals surface area contributed by atoms with Gasteiger partial charge in [-0.15, -0.1) is 0 Å². The highest BCUT2D eigenvalue weighted by Crippen LogP contribution is 2.26. The zero-order chi connectivity index (χ0) is 10.1. The van der Waals surface area contributed by atoms with Crippen molar-refractivity contribution in [2.45, 2.75) is 13.3 Å². The predicted molar refractivity (Wildman–Crippen MR) is 63.9 cm³/mol. The van der Waals surface area contributed by atoms with E-state index in [0.717, 1.165) is 18.7 Å². The van der Waals surface area contributed by atoms with Gasteiger partial charge in [0.2, 0.25) is 0 Å². The molecule has 1 fully saturated rings. The van der Waals surface area contributed by atoms with Crippen LogP contribution < -0.4 is 10.6 Å². The molecule has 2 rings (SSSR count). The molecule has 1 aromatic rings. The summed E-state index contributed by atoms with van der Waals surface area (Å²) in [5.74, 6) is 0. The SMILES string of the molecule is Cc1ccc(C(N)=S)c(N2CCC2)c1. The molecule has 0 saturated carbocycles. The summed E-state index contributed by atoms with van der Waals surface area (Å²) in [6, 6.07) is 6.23. The topological polar surface area (TPSA) is 29.3 Å². The zero-order valence-electron chi connectivity index (χ0n) is 8.29. The third-order valence-electron chi connectivity index (χ3n) is 2.62. The smallest absolute Gasteiger partial charge is 0.106 e. The molecule has 1 aliphatic rings. The van der Waals surface area contributed by atoms with Gasteiger partial charge in [-0.3, -0.25) is 0 Å². The van der Waals surface area contributed by atoms with Crippen LogP contribution in [0.4, 0.5) is 5.69 Å². The van der Waals surface area contributed by atoms with Crippen molar-refractivity contribution in [2.75, 3.05) is 18.0 Å².